The largest absolute Gasteiger partial charge is 0.478 e. The second-order valence-corrected chi connectivity index (χ2v) is 5.77. The number of aliphatic hydroxyl groups is 1. The number of aliphatic carboxylic acids is 1. The molecule has 1 saturated carbocycles. The summed E-state index contributed by atoms with van der Waals surface area (Å²) in [7, 11) is 0. The Balaban J connectivity index is 2.85. The zero-order valence-electron chi connectivity index (χ0n) is 11.3. The third-order valence-corrected chi connectivity index (χ3v) is 3.44. The van der Waals surface area contributed by atoms with Crippen LogP contribution in [0.3, 0.4) is 0 Å². The minimum Gasteiger partial charge on any atom is -0.478 e. The lowest BCUT2D eigenvalue weighted by molar-refractivity contribution is -0.131. The van der Waals surface area contributed by atoms with Crippen LogP contribution >= 0.6 is 0 Å². The molecule has 18 heavy (non-hydrogen) atoms. The van der Waals surface area contributed by atoms with Crippen molar-refractivity contribution >= 4 is 5.97 Å². The van der Waals surface area contributed by atoms with Gasteiger partial charge in [0.2, 0.25) is 0 Å². The van der Waals surface area contributed by atoms with E-state index in [9.17, 15) is 9.90 Å². The van der Waals surface area contributed by atoms with E-state index in [1.54, 1.807) is 6.92 Å². The molecular weight excluding hydrogens is 228 g/mol. The Labute approximate surface area is 109 Å². The molecule has 2 N–H and O–H groups in total. The fraction of sp³-hybridized carbons (Fsp3) is 0.533. The van der Waals surface area contributed by atoms with Gasteiger partial charge in [0.05, 0.1) is 6.10 Å². The van der Waals surface area contributed by atoms with Gasteiger partial charge in [0.25, 0.3) is 0 Å². The summed E-state index contributed by atoms with van der Waals surface area (Å²) in [4.78, 5) is 10.5. The van der Waals surface area contributed by atoms with E-state index in [2.05, 4.69) is 20.4 Å². The highest BCUT2D eigenvalue weighted by Gasteiger charge is 2.36. The maximum atomic E-state index is 10.5. The highest BCUT2D eigenvalue weighted by Crippen LogP contribution is 2.43. The Morgan fingerprint density at radius 3 is 2.61 bits per heavy atom. The number of allylic oxidation sites excluding steroid dienone is 3. The first-order valence-corrected chi connectivity index (χ1v) is 6.17. The van der Waals surface area contributed by atoms with Crippen LogP contribution in [0.15, 0.2) is 36.0 Å². The number of hydrogen-bond acceptors (Lipinski definition) is 2. The molecule has 0 aliphatic heterocycles. The van der Waals surface area contributed by atoms with E-state index in [-0.39, 0.29) is 17.4 Å². The van der Waals surface area contributed by atoms with Gasteiger partial charge in [0.1, 0.15) is 0 Å². The zero-order valence-corrected chi connectivity index (χ0v) is 11.3. The summed E-state index contributed by atoms with van der Waals surface area (Å²) >= 11 is 0. The van der Waals surface area contributed by atoms with E-state index in [1.165, 1.54) is 6.08 Å². The third-order valence-electron chi connectivity index (χ3n) is 3.44. The zero-order chi connectivity index (χ0) is 13.9. The Hall–Kier alpha value is -1.35. The summed E-state index contributed by atoms with van der Waals surface area (Å²) in [6.45, 7) is 10.0. The summed E-state index contributed by atoms with van der Waals surface area (Å²) in [6.07, 6.45) is 6.06. The lowest BCUT2D eigenvalue weighted by Gasteiger charge is -2.41. The van der Waals surface area contributed by atoms with Crippen molar-refractivity contribution in [2.24, 2.45) is 11.3 Å². The molecular formula is C15H22O3. The minimum absolute atomic E-state index is 0.0469. The van der Waals surface area contributed by atoms with Crippen molar-refractivity contribution in [2.45, 2.75) is 39.7 Å². The molecule has 0 radical (unpaired) electrons. The molecule has 0 aromatic rings. The lowest BCUT2D eigenvalue weighted by Crippen LogP contribution is -2.35. The molecule has 3 nitrogen and oxygen atoms in total. The van der Waals surface area contributed by atoms with Crippen LogP contribution in [-0.2, 0) is 4.79 Å². The quantitative estimate of drug-likeness (QED) is 0.460. The SMILES string of the molecule is C=C1C[C@H](O)CC(C)(C)[C@H]1C=C/C(C)=C/C(=O)O. The first-order chi connectivity index (χ1) is 8.22. The van der Waals surface area contributed by atoms with E-state index in [1.807, 2.05) is 12.2 Å². The van der Waals surface area contributed by atoms with Gasteiger partial charge in [-0.15, -0.1) is 0 Å². The van der Waals surface area contributed by atoms with Gasteiger partial charge in [-0.1, -0.05) is 38.2 Å². The van der Waals surface area contributed by atoms with Crippen LogP contribution in [0.1, 0.15) is 33.6 Å². The molecule has 0 amide bonds. The normalized spacial score (nSPS) is 28.7. The van der Waals surface area contributed by atoms with Crippen molar-refractivity contribution < 1.29 is 15.0 Å². The van der Waals surface area contributed by atoms with Gasteiger partial charge in [-0.25, -0.2) is 4.79 Å². The lowest BCUT2D eigenvalue weighted by atomic mass is 9.65. The van der Waals surface area contributed by atoms with Crippen molar-refractivity contribution in [1.82, 2.24) is 0 Å². The molecule has 0 heterocycles. The first kappa shape index (κ1) is 14.7. The number of carboxylic acids is 1. The average molecular weight is 250 g/mol. The monoisotopic (exact) mass is 250 g/mol. The van der Waals surface area contributed by atoms with Crippen molar-refractivity contribution in [3.05, 3.63) is 36.0 Å². The summed E-state index contributed by atoms with van der Waals surface area (Å²) in [5, 5.41) is 18.4. The number of carboxylic acid groups (broad SMARTS) is 1. The van der Waals surface area contributed by atoms with Crippen LogP contribution in [0, 0.1) is 11.3 Å². The van der Waals surface area contributed by atoms with Gasteiger partial charge in [0.15, 0.2) is 0 Å². The summed E-state index contributed by atoms with van der Waals surface area (Å²) in [5.74, 6) is -0.757. The van der Waals surface area contributed by atoms with Gasteiger partial charge in [-0.3, -0.25) is 0 Å². The van der Waals surface area contributed by atoms with Gasteiger partial charge < -0.3 is 10.2 Å². The van der Waals surface area contributed by atoms with Crippen LogP contribution in [-0.4, -0.2) is 22.3 Å². The molecule has 0 spiro atoms. The standard InChI is InChI=1S/C15H22O3/c1-10(7-14(17)18)5-6-13-11(2)8-12(16)9-15(13,3)4/h5-7,12-13,16H,2,8-9H2,1,3-4H3,(H,17,18)/b6-5?,10-7+/t12-,13-/m0/s1. The molecule has 1 rings (SSSR count). The van der Waals surface area contributed by atoms with E-state index in [0.29, 0.717) is 12.0 Å². The fourth-order valence-corrected chi connectivity index (χ4v) is 2.68. The molecule has 0 saturated heterocycles. The van der Waals surface area contributed by atoms with E-state index >= 15 is 0 Å². The van der Waals surface area contributed by atoms with E-state index in [0.717, 1.165) is 12.0 Å². The Bertz CT molecular complexity index is 402. The van der Waals surface area contributed by atoms with Crippen molar-refractivity contribution in [3.8, 4) is 0 Å². The van der Waals surface area contributed by atoms with Gasteiger partial charge in [0, 0.05) is 12.0 Å². The highest BCUT2D eigenvalue weighted by atomic mass is 16.4. The van der Waals surface area contributed by atoms with Gasteiger partial charge in [-0.2, -0.15) is 0 Å². The summed E-state index contributed by atoms with van der Waals surface area (Å²) in [6, 6.07) is 0. The predicted octanol–water partition coefficient (Wildman–Crippen LogP) is 2.93. The second kappa shape index (κ2) is 5.53. The minimum atomic E-state index is -0.936. The van der Waals surface area contributed by atoms with Crippen LogP contribution in [0.5, 0.6) is 0 Å². The van der Waals surface area contributed by atoms with Crippen LogP contribution in [0.4, 0.5) is 0 Å². The predicted molar refractivity (Wildman–Crippen MR) is 72.2 cm³/mol. The molecule has 1 fully saturated rings. The number of hydrogen-bond donors (Lipinski definition) is 2. The maximum absolute atomic E-state index is 10.5. The molecule has 1 aliphatic rings. The molecule has 0 bridgehead atoms. The molecule has 2 atom stereocenters. The molecule has 1 aliphatic carbocycles. The van der Waals surface area contributed by atoms with E-state index < -0.39 is 5.97 Å². The fourth-order valence-electron chi connectivity index (χ4n) is 2.68. The van der Waals surface area contributed by atoms with Crippen LogP contribution in [0.25, 0.3) is 0 Å². The second-order valence-electron chi connectivity index (χ2n) is 5.77. The molecule has 100 valence electrons. The Morgan fingerprint density at radius 2 is 2.11 bits per heavy atom. The first-order valence-electron chi connectivity index (χ1n) is 6.17. The molecule has 0 aromatic heterocycles. The summed E-state index contributed by atoms with van der Waals surface area (Å²) < 4.78 is 0. The van der Waals surface area contributed by atoms with Crippen molar-refractivity contribution in [3.63, 3.8) is 0 Å². The van der Waals surface area contributed by atoms with Gasteiger partial charge in [-0.05, 0) is 30.8 Å². The van der Waals surface area contributed by atoms with Crippen molar-refractivity contribution in [2.75, 3.05) is 0 Å². The van der Waals surface area contributed by atoms with Crippen LogP contribution in [0.2, 0.25) is 0 Å². The smallest absolute Gasteiger partial charge is 0.328 e. The molecule has 3 heteroatoms. The van der Waals surface area contributed by atoms with Crippen LogP contribution < -0.4 is 0 Å². The Kier molecular flexibility index (Phi) is 4.52. The topological polar surface area (TPSA) is 57.5 Å². The Morgan fingerprint density at radius 1 is 1.50 bits per heavy atom. The third kappa shape index (κ3) is 3.84. The molecule has 0 unspecified atom stereocenters. The average Bonchev–Trinajstić information content (AvgIpc) is 2.12. The highest BCUT2D eigenvalue weighted by molar-refractivity contribution is 5.81. The molecule has 0 aromatic carbocycles. The van der Waals surface area contributed by atoms with E-state index in [4.69, 9.17) is 5.11 Å². The number of rotatable bonds is 3. The van der Waals surface area contributed by atoms with Gasteiger partial charge >= 0.3 is 5.97 Å². The number of aliphatic hydroxyl groups excluding tert-OH is 1. The number of carbonyl (C=O) groups is 1. The van der Waals surface area contributed by atoms with Crippen molar-refractivity contribution in [1.29, 1.82) is 0 Å². The summed E-state index contributed by atoms with van der Waals surface area (Å²) in [5.41, 5.74) is 1.67. The maximum Gasteiger partial charge on any atom is 0.328 e.